The molecule has 0 saturated heterocycles. The zero-order valence-electron chi connectivity index (χ0n) is 8.80. The number of hydrogen-bond acceptors (Lipinski definition) is 2. The van der Waals surface area contributed by atoms with Crippen LogP contribution in [0, 0.1) is 6.92 Å². The van der Waals surface area contributed by atoms with Crippen LogP contribution in [0.15, 0.2) is 18.2 Å². The summed E-state index contributed by atoms with van der Waals surface area (Å²) in [7, 11) is 0. The second-order valence-electron chi connectivity index (χ2n) is 4.15. The van der Waals surface area contributed by atoms with Crippen molar-refractivity contribution in [2.24, 2.45) is 5.90 Å². The quantitative estimate of drug-likeness (QED) is 0.784. The third kappa shape index (κ3) is 2.47. The minimum atomic E-state index is -0.0799. The van der Waals surface area contributed by atoms with Crippen LogP contribution < -0.4 is 5.90 Å². The van der Waals surface area contributed by atoms with Crippen LogP contribution in [0.1, 0.15) is 25.0 Å². The van der Waals surface area contributed by atoms with Gasteiger partial charge in [-0.05, 0) is 30.2 Å². The van der Waals surface area contributed by atoms with Crippen molar-refractivity contribution in [3.8, 4) is 0 Å². The van der Waals surface area contributed by atoms with E-state index in [2.05, 4.69) is 13.8 Å². The summed E-state index contributed by atoms with van der Waals surface area (Å²) in [5.74, 6) is 5.11. The third-order valence-electron chi connectivity index (χ3n) is 2.36. The van der Waals surface area contributed by atoms with E-state index >= 15 is 0 Å². The molecule has 0 atom stereocenters. The summed E-state index contributed by atoms with van der Waals surface area (Å²) in [6, 6.07) is 5.87. The molecule has 0 heterocycles. The Balaban J connectivity index is 3.06. The maximum absolute atomic E-state index is 5.89. The van der Waals surface area contributed by atoms with Crippen LogP contribution in [-0.4, -0.2) is 6.61 Å². The van der Waals surface area contributed by atoms with Gasteiger partial charge in [-0.1, -0.05) is 31.5 Å². The van der Waals surface area contributed by atoms with Crippen LogP contribution in [-0.2, 0) is 10.3 Å². The Hall–Kier alpha value is -0.570. The first-order valence-corrected chi connectivity index (χ1v) is 4.93. The Morgan fingerprint density at radius 2 is 2.07 bits per heavy atom. The molecule has 0 aliphatic rings. The zero-order chi connectivity index (χ0) is 10.8. The van der Waals surface area contributed by atoms with Crippen LogP contribution in [0.25, 0.3) is 0 Å². The van der Waals surface area contributed by atoms with Gasteiger partial charge < -0.3 is 4.84 Å². The van der Waals surface area contributed by atoms with Gasteiger partial charge >= 0.3 is 0 Å². The topological polar surface area (TPSA) is 35.2 Å². The van der Waals surface area contributed by atoms with E-state index in [0.29, 0.717) is 6.61 Å². The normalized spacial score (nSPS) is 11.8. The summed E-state index contributed by atoms with van der Waals surface area (Å²) >= 11 is 5.89. The van der Waals surface area contributed by atoms with Crippen molar-refractivity contribution < 1.29 is 4.84 Å². The van der Waals surface area contributed by atoms with Crippen molar-refractivity contribution in [3.63, 3.8) is 0 Å². The van der Waals surface area contributed by atoms with Crippen LogP contribution in [0.4, 0.5) is 0 Å². The Morgan fingerprint density at radius 1 is 1.43 bits per heavy atom. The summed E-state index contributed by atoms with van der Waals surface area (Å²) in [6.45, 7) is 6.72. The Labute approximate surface area is 90.0 Å². The molecule has 0 aliphatic heterocycles. The summed E-state index contributed by atoms with van der Waals surface area (Å²) in [4.78, 5) is 4.71. The summed E-state index contributed by atoms with van der Waals surface area (Å²) in [5, 5.41) is 0.760. The second kappa shape index (κ2) is 4.30. The lowest BCUT2D eigenvalue weighted by molar-refractivity contribution is 0.0962. The van der Waals surface area contributed by atoms with Gasteiger partial charge in [0.15, 0.2) is 0 Å². The first kappa shape index (κ1) is 11.5. The summed E-state index contributed by atoms with van der Waals surface area (Å²) < 4.78 is 0. The molecule has 0 aromatic heterocycles. The molecule has 0 unspecified atom stereocenters. The molecule has 0 radical (unpaired) electrons. The van der Waals surface area contributed by atoms with Crippen LogP contribution in [0.2, 0.25) is 5.02 Å². The van der Waals surface area contributed by atoms with Crippen LogP contribution >= 0.6 is 11.6 Å². The molecule has 1 rings (SSSR count). The van der Waals surface area contributed by atoms with Gasteiger partial charge in [0.05, 0.1) is 6.61 Å². The maximum Gasteiger partial charge on any atom is 0.0770 e. The van der Waals surface area contributed by atoms with Crippen molar-refractivity contribution in [1.82, 2.24) is 0 Å². The van der Waals surface area contributed by atoms with Gasteiger partial charge in [0.25, 0.3) is 0 Å². The average Bonchev–Trinajstić information content (AvgIpc) is 2.02. The van der Waals surface area contributed by atoms with Gasteiger partial charge in [0, 0.05) is 10.4 Å². The van der Waals surface area contributed by atoms with E-state index in [-0.39, 0.29) is 5.41 Å². The van der Waals surface area contributed by atoms with Crippen molar-refractivity contribution >= 4 is 11.6 Å². The van der Waals surface area contributed by atoms with Gasteiger partial charge in [-0.15, -0.1) is 0 Å². The molecule has 0 amide bonds. The minimum absolute atomic E-state index is 0.0799. The first-order valence-electron chi connectivity index (χ1n) is 4.55. The fourth-order valence-corrected chi connectivity index (χ4v) is 1.90. The van der Waals surface area contributed by atoms with Crippen LogP contribution in [0.5, 0.6) is 0 Å². The van der Waals surface area contributed by atoms with Crippen molar-refractivity contribution in [3.05, 3.63) is 34.3 Å². The third-order valence-corrected chi connectivity index (χ3v) is 2.60. The van der Waals surface area contributed by atoms with Gasteiger partial charge in [0.2, 0.25) is 0 Å². The molecular formula is C11H16ClNO. The molecule has 0 fully saturated rings. The second-order valence-corrected chi connectivity index (χ2v) is 4.59. The smallest absolute Gasteiger partial charge is 0.0770 e. The molecule has 0 spiro atoms. The van der Waals surface area contributed by atoms with E-state index in [0.717, 1.165) is 5.02 Å². The number of hydrogen-bond donors (Lipinski definition) is 1. The van der Waals surface area contributed by atoms with E-state index in [1.54, 1.807) is 0 Å². The number of nitrogens with two attached hydrogens (primary N) is 1. The first-order chi connectivity index (χ1) is 6.47. The molecule has 0 bridgehead atoms. The van der Waals surface area contributed by atoms with Gasteiger partial charge in [0.1, 0.15) is 0 Å². The van der Waals surface area contributed by atoms with Crippen LogP contribution in [0.3, 0.4) is 0 Å². The van der Waals surface area contributed by atoms with E-state index in [1.165, 1.54) is 11.1 Å². The molecule has 0 saturated carbocycles. The largest absolute Gasteiger partial charge is 0.304 e. The molecule has 3 heteroatoms. The van der Waals surface area contributed by atoms with Gasteiger partial charge in [-0.2, -0.15) is 0 Å². The number of benzene rings is 1. The Bertz CT molecular complexity index is 323. The summed E-state index contributed by atoms with van der Waals surface area (Å²) in [6.07, 6.45) is 0. The molecule has 2 N–H and O–H groups in total. The fraction of sp³-hybridized carbons (Fsp3) is 0.455. The zero-order valence-corrected chi connectivity index (χ0v) is 9.56. The number of rotatable bonds is 3. The van der Waals surface area contributed by atoms with Gasteiger partial charge in [-0.3, -0.25) is 0 Å². The molecular weight excluding hydrogens is 198 g/mol. The molecule has 1 aromatic carbocycles. The Kier molecular flexibility index (Phi) is 3.53. The SMILES string of the molecule is Cc1cc(Cl)ccc1C(C)(C)CON. The summed E-state index contributed by atoms with van der Waals surface area (Å²) in [5.41, 5.74) is 2.30. The fourth-order valence-electron chi connectivity index (χ4n) is 1.67. The van der Waals surface area contributed by atoms with E-state index in [9.17, 15) is 0 Å². The highest BCUT2D eigenvalue weighted by Crippen LogP contribution is 2.28. The average molecular weight is 214 g/mol. The lowest BCUT2D eigenvalue weighted by Gasteiger charge is -2.25. The Morgan fingerprint density at radius 3 is 2.57 bits per heavy atom. The monoisotopic (exact) mass is 213 g/mol. The predicted molar refractivity (Wildman–Crippen MR) is 59.4 cm³/mol. The van der Waals surface area contributed by atoms with Gasteiger partial charge in [-0.25, -0.2) is 5.90 Å². The molecule has 2 nitrogen and oxygen atoms in total. The highest BCUT2D eigenvalue weighted by molar-refractivity contribution is 6.30. The van der Waals surface area contributed by atoms with Crippen molar-refractivity contribution in [2.45, 2.75) is 26.2 Å². The predicted octanol–water partition coefficient (Wildman–Crippen LogP) is 2.82. The van der Waals surface area contributed by atoms with E-state index < -0.39 is 0 Å². The molecule has 1 aromatic rings. The number of halogens is 1. The standard InChI is InChI=1S/C11H16ClNO/c1-8-6-9(12)4-5-10(8)11(2,3)7-14-13/h4-6H,7,13H2,1-3H3. The molecule has 14 heavy (non-hydrogen) atoms. The van der Waals surface area contributed by atoms with Crippen molar-refractivity contribution in [2.75, 3.05) is 6.61 Å². The lowest BCUT2D eigenvalue weighted by atomic mass is 9.83. The maximum atomic E-state index is 5.89. The number of aryl methyl sites for hydroxylation is 1. The minimum Gasteiger partial charge on any atom is -0.304 e. The van der Waals surface area contributed by atoms with E-state index in [1.807, 2.05) is 25.1 Å². The highest BCUT2D eigenvalue weighted by atomic mass is 35.5. The molecule has 78 valence electrons. The highest BCUT2D eigenvalue weighted by Gasteiger charge is 2.22. The van der Waals surface area contributed by atoms with E-state index in [4.69, 9.17) is 22.3 Å². The van der Waals surface area contributed by atoms with Crippen molar-refractivity contribution in [1.29, 1.82) is 0 Å². The lowest BCUT2D eigenvalue weighted by Crippen LogP contribution is -2.27. The molecule has 0 aliphatic carbocycles.